The second-order valence-corrected chi connectivity index (χ2v) is 6.41. The summed E-state index contributed by atoms with van der Waals surface area (Å²) < 4.78 is 23.2. The Morgan fingerprint density at radius 3 is 2.35 bits per heavy atom. The maximum Gasteiger partial charge on any atom is 0.337 e. The minimum Gasteiger partial charge on any atom is -0.308 e. The highest BCUT2D eigenvalue weighted by Crippen LogP contribution is 2.60. The van der Waals surface area contributed by atoms with E-state index in [1.54, 1.807) is 26.0 Å². The Morgan fingerprint density at radius 1 is 1.29 bits per heavy atom. The lowest BCUT2D eigenvalue weighted by atomic mass is 10.2. The highest BCUT2D eigenvalue weighted by molar-refractivity contribution is 7.54. The van der Waals surface area contributed by atoms with Crippen LogP contribution in [0.2, 0.25) is 5.02 Å². The fraction of sp³-hybridized carbons (Fsp3) is 0.500. The molecular formula is C12H18ClO3P. The summed E-state index contributed by atoms with van der Waals surface area (Å²) in [5.41, 5.74) is 0.545. The zero-order valence-corrected chi connectivity index (χ0v) is 12.0. The molecule has 96 valence electrons. The molecule has 0 spiro atoms. The van der Waals surface area contributed by atoms with Crippen LogP contribution in [0.5, 0.6) is 0 Å². The Bertz CT molecular complexity index is 398. The quantitative estimate of drug-likeness (QED) is 0.709. The van der Waals surface area contributed by atoms with Crippen molar-refractivity contribution in [2.45, 2.75) is 26.4 Å². The molecule has 0 aliphatic carbocycles. The van der Waals surface area contributed by atoms with Crippen LogP contribution in [-0.2, 0) is 13.6 Å². The lowest BCUT2D eigenvalue weighted by Gasteiger charge is -2.23. The minimum absolute atomic E-state index is 0.318. The van der Waals surface area contributed by atoms with Crippen LogP contribution in [0.3, 0.4) is 0 Å². The summed E-state index contributed by atoms with van der Waals surface area (Å²) in [6.07, 6.45) is 0. The molecule has 17 heavy (non-hydrogen) atoms. The predicted molar refractivity (Wildman–Crippen MR) is 70.7 cm³/mol. The van der Waals surface area contributed by atoms with Crippen molar-refractivity contribution in [1.82, 2.24) is 0 Å². The molecule has 0 amide bonds. The van der Waals surface area contributed by atoms with Gasteiger partial charge in [0, 0.05) is 5.02 Å². The van der Waals surface area contributed by atoms with Gasteiger partial charge in [-0.15, -0.1) is 0 Å². The average Bonchev–Trinajstić information content (AvgIpc) is 2.28. The molecule has 1 rings (SSSR count). The van der Waals surface area contributed by atoms with Crippen LogP contribution >= 0.6 is 19.2 Å². The van der Waals surface area contributed by atoms with E-state index in [1.807, 2.05) is 19.1 Å². The molecule has 0 saturated heterocycles. The van der Waals surface area contributed by atoms with Gasteiger partial charge in [0.25, 0.3) is 0 Å². The molecule has 0 fully saturated rings. The largest absolute Gasteiger partial charge is 0.337 e. The second kappa shape index (κ2) is 6.55. The molecule has 3 nitrogen and oxygen atoms in total. The molecule has 0 N–H and O–H groups in total. The van der Waals surface area contributed by atoms with Crippen molar-refractivity contribution >= 4 is 19.2 Å². The first kappa shape index (κ1) is 14.7. The van der Waals surface area contributed by atoms with Gasteiger partial charge in [-0.25, -0.2) is 0 Å². The van der Waals surface area contributed by atoms with Crippen LogP contribution in [0, 0.1) is 0 Å². The van der Waals surface area contributed by atoms with Crippen molar-refractivity contribution in [3.05, 3.63) is 34.9 Å². The van der Waals surface area contributed by atoms with Gasteiger partial charge in [-0.05, 0) is 38.5 Å². The molecule has 1 aromatic carbocycles. The van der Waals surface area contributed by atoms with Crippen LogP contribution in [0.25, 0.3) is 0 Å². The lowest BCUT2D eigenvalue weighted by Crippen LogP contribution is -2.03. The molecule has 0 saturated carbocycles. The fourth-order valence-electron chi connectivity index (χ4n) is 1.57. The summed E-state index contributed by atoms with van der Waals surface area (Å²) >= 11 is 5.92. The van der Waals surface area contributed by atoms with Gasteiger partial charge in [-0.2, -0.15) is 0 Å². The highest BCUT2D eigenvalue weighted by Gasteiger charge is 2.33. The number of hydrogen-bond acceptors (Lipinski definition) is 3. The molecule has 0 heterocycles. The van der Waals surface area contributed by atoms with Crippen molar-refractivity contribution < 1.29 is 13.6 Å². The Hall–Kier alpha value is -0.340. The molecule has 1 unspecified atom stereocenters. The van der Waals surface area contributed by atoms with E-state index < -0.39 is 7.60 Å². The van der Waals surface area contributed by atoms with E-state index in [2.05, 4.69) is 0 Å². The van der Waals surface area contributed by atoms with Gasteiger partial charge in [0.1, 0.15) is 0 Å². The molecule has 0 aliphatic rings. The number of rotatable bonds is 6. The second-order valence-electron chi connectivity index (χ2n) is 3.61. The monoisotopic (exact) mass is 276 g/mol. The standard InChI is InChI=1S/C12H18ClO3P/c1-4-15-17(14,16-5-2)10(3)11-7-6-8-12(13)9-11/h6-10H,4-5H2,1-3H3. The smallest absolute Gasteiger partial charge is 0.308 e. The molecule has 0 radical (unpaired) electrons. The van der Waals surface area contributed by atoms with Crippen molar-refractivity contribution in [3.8, 4) is 0 Å². The first-order valence-electron chi connectivity index (χ1n) is 5.67. The van der Waals surface area contributed by atoms with E-state index in [0.29, 0.717) is 18.2 Å². The Labute approximate surface area is 108 Å². The molecular weight excluding hydrogens is 259 g/mol. The van der Waals surface area contributed by atoms with Crippen LogP contribution in [0.15, 0.2) is 24.3 Å². The third-order valence-corrected chi connectivity index (χ3v) is 5.14. The van der Waals surface area contributed by atoms with E-state index in [0.717, 1.165) is 5.56 Å². The zero-order valence-electron chi connectivity index (χ0n) is 10.4. The van der Waals surface area contributed by atoms with Gasteiger partial charge in [-0.3, -0.25) is 4.57 Å². The van der Waals surface area contributed by atoms with Crippen LogP contribution < -0.4 is 0 Å². The molecule has 0 aliphatic heterocycles. The zero-order chi connectivity index (χ0) is 12.9. The van der Waals surface area contributed by atoms with Gasteiger partial charge < -0.3 is 9.05 Å². The van der Waals surface area contributed by atoms with E-state index in [-0.39, 0.29) is 5.66 Å². The SMILES string of the molecule is CCOP(=O)(OCC)C(C)c1cccc(Cl)c1. The number of halogens is 1. The molecule has 1 aromatic rings. The van der Waals surface area contributed by atoms with E-state index in [1.165, 1.54) is 0 Å². The predicted octanol–water partition coefficient (Wildman–Crippen LogP) is 4.67. The van der Waals surface area contributed by atoms with Gasteiger partial charge in [0.05, 0.1) is 18.9 Å². The van der Waals surface area contributed by atoms with E-state index in [4.69, 9.17) is 20.6 Å². The third-order valence-electron chi connectivity index (χ3n) is 2.42. The molecule has 1 atom stereocenters. The van der Waals surface area contributed by atoms with Gasteiger partial charge in [-0.1, -0.05) is 23.7 Å². The molecule has 5 heteroatoms. The summed E-state index contributed by atoms with van der Waals surface area (Å²) in [6.45, 7) is 6.16. The van der Waals surface area contributed by atoms with Crippen molar-refractivity contribution in [3.63, 3.8) is 0 Å². The summed E-state index contributed by atoms with van der Waals surface area (Å²) in [4.78, 5) is 0. The number of hydrogen-bond donors (Lipinski definition) is 0. The van der Waals surface area contributed by atoms with E-state index in [9.17, 15) is 4.57 Å². The first-order valence-corrected chi connectivity index (χ1v) is 7.66. The third kappa shape index (κ3) is 3.82. The van der Waals surface area contributed by atoms with Crippen LogP contribution in [-0.4, -0.2) is 13.2 Å². The summed E-state index contributed by atoms with van der Waals surface area (Å²) in [7, 11) is -3.11. The Balaban J connectivity index is 2.99. The summed E-state index contributed by atoms with van der Waals surface area (Å²) in [6, 6.07) is 7.28. The van der Waals surface area contributed by atoms with Crippen molar-refractivity contribution in [1.29, 1.82) is 0 Å². The van der Waals surface area contributed by atoms with E-state index >= 15 is 0 Å². The molecule has 0 aromatic heterocycles. The topological polar surface area (TPSA) is 35.5 Å². The molecule has 0 bridgehead atoms. The van der Waals surface area contributed by atoms with Crippen LogP contribution in [0.1, 0.15) is 32.0 Å². The maximum absolute atomic E-state index is 12.5. The lowest BCUT2D eigenvalue weighted by molar-refractivity contribution is 0.213. The van der Waals surface area contributed by atoms with Gasteiger partial charge in [0.15, 0.2) is 0 Å². The summed E-state index contributed by atoms with van der Waals surface area (Å²) in [5, 5.41) is 0.619. The maximum atomic E-state index is 12.5. The van der Waals surface area contributed by atoms with Crippen molar-refractivity contribution in [2.75, 3.05) is 13.2 Å². The van der Waals surface area contributed by atoms with Gasteiger partial charge in [0.2, 0.25) is 0 Å². The van der Waals surface area contributed by atoms with Crippen LogP contribution in [0.4, 0.5) is 0 Å². The normalized spacial score (nSPS) is 13.6. The number of benzene rings is 1. The first-order chi connectivity index (χ1) is 8.03. The van der Waals surface area contributed by atoms with Gasteiger partial charge >= 0.3 is 7.60 Å². The average molecular weight is 277 g/mol. The summed E-state index contributed by atoms with van der Waals surface area (Å²) in [5.74, 6) is 0. The van der Waals surface area contributed by atoms with Crippen molar-refractivity contribution in [2.24, 2.45) is 0 Å². The fourth-order valence-corrected chi connectivity index (χ4v) is 3.54. The highest BCUT2D eigenvalue weighted by atomic mass is 35.5. The Kier molecular flexibility index (Phi) is 5.68. The minimum atomic E-state index is -3.11. The Morgan fingerprint density at radius 2 is 1.88 bits per heavy atom.